The number of carbonyl (C=O) groups is 2. The van der Waals surface area contributed by atoms with Gasteiger partial charge in [-0.15, -0.1) is 0 Å². The van der Waals surface area contributed by atoms with Crippen LogP contribution >= 0.6 is 0 Å². The molecule has 0 heterocycles. The molecular weight excluding hydrogens is 274 g/mol. The number of hydrogen-bond donors (Lipinski definition) is 1. The second kappa shape index (κ2) is 7.10. The molecule has 1 N–H and O–H groups in total. The average Bonchev–Trinajstić information content (AvgIpc) is 2.41. The predicted molar refractivity (Wildman–Crippen MR) is 74.3 cm³/mol. The lowest BCUT2D eigenvalue weighted by Crippen LogP contribution is -2.10. The van der Waals surface area contributed by atoms with E-state index in [-0.39, 0.29) is 17.9 Å². The molecule has 6 heteroatoms. The van der Waals surface area contributed by atoms with Crippen LogP contribution in [0.2, 0.25) is 0 Å². The third-order valence-corrected chi connectivity index (χ3v) is 2.54. The summed E-state index contributed by atoms with van der Waals surface area (Å²) < 4.78 is 9.74. The lowest BCUT2D eigenvalue weighted by atomic mass is 10.0. The number of nitriles is 1. The molecule has 0 unspecified atom stereocenters. The van der Waals surface area contributed by atoms with E-state index < -0.39 is 23.3 Å². The number of esters is 2. The van der Waals surface area contributed by atoms with E-state index in [4.69, 9.17) is 14.7 Å². The first-order valence-corrected chi connectivity index (χ1v) is 6.21. The van der Waals surface area contributed by atoms with Crippen molar-refractivity contribution in [1.82, 2.24) is 0 Å². The van der Waals surface area contributed by atoms with Gasteiger partial charge >= 0.3 is 11.9 Å². The molecule has 0 radical (unpaired) electrons. The highest BCUT2D eigenvalue weighted by Crippen LogP contribution is 2.30. The summed E-state index contributed by atoms with van der Waals surface area (Å²) in [5, 5.41) is 19.2. The second-order valence-electron chi connectivity index (χ2n) is 4.10. The molecule has 0 spiro atoms. The summed E-state index contributed by atoms with van der Waals surface area (Å²) >= 11 is 0. The van der Waals surface area contributed by atoms with Gasteiger partial charge in [-0.3, -0.25) is 4.79 Å². The Kier molecular flexibility index (Phi) is 5.49. The predicted octanol–water partition coefficient (Wildman–Crippen LogP) is 2.28. The fourth-order valence-corrected chi connectivity index (χ4v) is 1.65. The third-order valence-electron chi connectivity index (χ3n) is 2.54. The van der Waals surface area contributed by atoms with Gasteiger partial charge in [0.1, 0.15) is 11.8 Å². The van der Waals surface area contributed by atoms with Crippen LogP contribution in [-0.2, 0) is 14.3 Å². The van der Waals surface area contributed by atoms with Gasteiger partial charge in [0.15, 0.2) is 11.3 Å². The van der Waals surface area contributed by atoms with Crippen molar-refractivity contribution in [1.29, 1.82) is 5.26 Å². The molecule has 0 saturated carbocycles. The van der Waals surface area contributed by atoms with Gasteiger partial charge in [0.25, 0.3) is 0 Å². The monoisotopic (exact) mass is 289 g/mol. The van der Waals surface area contributed by atoms with Crippen LogP contribution in [0.4, 0.5) is 0 Å². The van der Waals surface area contributed by atoms with Gasteiger partial charge in [-0.1, -0.05) is 12.1 Å². The van der Waals surface area contributed by atoms with E-state index in [1.54, 1.807) is 32.0 Å². The molecule has 1 aromatic rings. The zero-order valence-electron chi connectivity index (χ0n) is 12.0. The van der Waals surface area contributed by atoms with Crippen LogP contribution in [0, 0.1) is 18.3 Å². The van der Waals surface area contributed by atoms with Crippen LogP contribution in [0.15, 0.2) is 23.8 Å². The number of rotatable bonds is 4. The van der Waals surface area contributed by atoms with Crippen molar-refractivity contribution in [3.8, 4) is 11.8 Å². The Balaban J connectivity index is 3.44. The topological polar surface area (TPSA) is 96.6 Å². The molecule has 1 aromatic carbocycles. The summed E-state index contributed by atoms with van der Waals surface area (Å²) in [6.07, 6.45) is 0. The van der Waals surface area contributed by atoms with Crippen LogP contribution in [0.1, 0.15) is 25.0 Å². The molecular formula is C15H15NO5. The minimum Gasteiger partial charge on any atom is -0.506 e. The van der Waals surface area contributed by atoms with E-state index in [1.165, 1.54) is 13.0 Å². The first-order chi connectivity index (χ1) is 9.92. The van der Waals surface area contributed by atoms with E-state index in [0.717, 1.165) is 0 Å². The first-order valence-electron chi connectivity index (χ1n) is 6.21. The van der Waals surface area contributed by atoms with Crippen molar-refractivity contribution >= 4 is 17.7 Å². The zero-order chi connectivity index (χ0) is 16.0. The standard InChI is InChI=1S/C15H15NO5/c1-4-20-15(19)12(8-16)13(18)11-7-5-6-9(2)14(11)21-10(3)17/h5-7,18H,4H2,1-3H3/b13-12-. The van der Waals surface area contributed by atoms with Gasteiger partial charge in [0.2, 0.25) is 0 Å². The highest BCUT2D eigenvalue weighted by Gasteiger charge is 2.21. The molecule has 0 saturated heterocycles. The fourth-order valence-electron chi connectivity index (χ4n) is 1.65. The smallest absolute Gasteiger partial charge is 0.352 e. The molecule has 0 aromatic heterocycles. The summed E-state index contributed by atoms with van der Waals surface area (Å²) in [6.45, 7) is 4.54. The summed E-state index contributed by atoms with van der Waals surface area (Å²) in [5.74, 6) is -2.00. The van der Waals surface area contributed by atoms with E-state index >= 15 is 0 Å². The van der Waals surface area contributed by atoms with Gasteiger partial charge in [0, 0.05) is 6.92 Å². The zero-order valence-corrected chi connectivity index (χ0v) is 12.0. The molecule has 0 aliphatic rings. The lowest BCUT2D eigenvalue weighted by molar-refractivity contribution is -0.138. The number of carbonyl (C=O) groups excluding carboxylic acids is 2. The molecule has 0 aliphatic heterocycles. The van der Waals surface area contributed by atoms with Crippen molar-refractivity contribution < 1.29 is 24.2 Å². The number of aliphatic hydroxyl groups excluding tert-OH is 1. The van der Waals surface area contributed by atoms with E-state index in [2.05, 4.69) is 0 Å². The summed E-state index contributed by atoms with van der Waals surface area (Å²) in [6, 6.07) is 6.32. The Bertz CT molecular complexity index is 640. The number of hydrogen-bond acceptors (Lipinski definition) is 6. The van der Waals surface area contributed by atoms with E-state index in [0.29, 0.717) is 5.56 Å². The van der Waals surface area contributed by atoms with Crippen LogP contribution in [0.25, 0.3) is 5.76 Å². The molecule has 0 atom stereocenters. The molecule has 0 aliphatic carbocycles. The van der Waals surface area contributed by atoms with Gasteiger partial charge in [-0.05, 0) is 25.5 Å². The quantitative estimate of drug-likeness (QED) is 0.300. The lowest BCUT2D eigenvalue weighted by Gasteiger charge is -2.12. The Morgan fingerprint density at radius 3 is 2.57 bits per heavy atom. The largest absolute Gasteiger partial charge is 0.506 e. The molecule has 6 nitrogen and oxygen atoms in total. The second-order valence-corrected chi connectivity index (χ2v) is 4.10. The minimum absolute atomic E-state index is 0.0713. The number of aliphatic hydroxyl groups is 1. The third kappa shape index (κ3) is 3.83. The maximum atomic E-state index is 11.6. The number of ether oxygens (including phenoxy) is 2. The Labute approximate surface area is 122 Å². The van der Waals surface area contributed by atoms with Crippen LogP contribution in [-0.4, -0.2) is 23.7 Å². The minimum atomic E-state index is -0.937. The SMILES string of the molecule is CCOC(=O)/C(C#N)=C(\O)c1cccc(C)c1OC(C)=O. The van der Waals surface area contributed by atoms with Gasteiger partial charge in [-0.2, -0.15) is 5.26 Å². The van der Waals surface area contributed by atoms with Crippen molar-refractivity contribution in [3.05, 3.63) is 34.9 Å². The van der Waals surface area contributed by atoms with E-state index in [1.807, 2.05) is 0 Å². The Hall–Kier alpha value is -2.81. The fraction of sp³-hybridized carbons (Fsp3) is 0.267. The molecule has 0 amide bonds. The van der Waals surface area contributed by atoms with Crippen LogP contribution in [0.3, 0.4) is 0 Å². The highest BCUT2D eigenvalue weighted by atomic mass is 16.5. The van der Waals surface area contributed by atoms with E-state index in [9.17, 15) is 14.7 Å². The molecule has 0 bridgehead atoms. The van der Waals surface area contributed by atoms with Crippen molar-refractivity contribution in [2.24, 2.45) is 0 Å². The van der Waals surface area contributed by atoms with Gasteiger partial charge in [-0.25, -0.2) is 4.79 Å². The Morgan fingerprint density at radius 1 is 1.38 bits per heavy atom. The average molecular weight is 289 g/mol. The molecule has 21 heavy (non-hydrogen) atoms. The van der Waals surface area contributed by atoms with Gasteiger partial charge in [0.05, 0.1) is 12.2 Å². The number of para-hydroxylation sites is 1. The number of benzene rings is 1. The van der Waals surface area contributed by atoms with Crippen LogP contribution in [0.5, 0.6) is 5.75 Å². The maximum Gasteiger partial charge on any atom is 0.352 e. The van der Waals surface area contributed by atoms with Crippen molar-refractivity contribution in [3.63, 3.8) is 0 Å². The van der Waals surface area contributed by atoms with Crippen molar-refractivity contribution in [2.45, 2.75) is 20.8 Å². The molecule has 110 valence electrons. The molecule has 0 fully saturated rings. The highest BCUT2D eigenvalue weighted by molar-refractivity contribution is 6.00. The molecule has 1 rings (SSSR count). The van der Waals surface area contributed by atoms with Crippen LogP contribution < -0.4 is 4.74 Å². The summed E-state index contributed by atoms with van der Waals surface area (Å²) in [5.41, 5.74) is 0.112. The van der Waals surface area contributed by atoms with Crippen molar-refractivity contribution in [2.75, 3.05) is 6.61 Å². The number of aryl methyl sites for hydroxylation is 1. The first kappa shape index (κ1) is 16.2. The Morgan fingerprint density at radius 2 is 2.05 bits per heavy atom. The summed E-state index contributed by atoms with van der Waals surface area (Å²) in [7, 11) is 0. The summed E-state index contributed by atoms with van der Waals surface area (Å²) in [4.78, 5) is 22.8. The normalized spacial score (nSPS) is 11.1. The van der Waals surface area contributed by atoms with Gasteiger partial charge < -0.3 is 14.6 Å². The number of nitrogens with zero attached hydrogens (tertiary/aromatic N) is 1. The maximum absolute atomic E-state index is 11.6.